The summed E-state index contributed by atoms with van der Waals surface area (Å²) in [5, 5.41) is 25.2. The van der Waals surface area contributed by atoms with Gasteiger partial charge < -0.3 is 15.1 Å². The van der Waals surface area contributed by atoms with E-state index in [2.05, 4.69) is 0 Å². The molecule has 35 valence electrons. The molecule has 0 bridgehead atoms. The summed E-state index contributed by atoms with van der Waals surface area (Å²) in [5.41, 5.74) is 0. The van der Waals surface area contributed by atoms with Crippen LogP contribution in [0.3, 0.4) is 0 Å². The fraction of sp³-hybridized carbons (Fsp3) is 0. The van der Waals surface area contributed by atoms with Crippen molar-refractivity contribution in [2.75, 3.05) is 0 Å². The molecule has 0 spiro atoms. The maximum atomic E-state index is 8.42. The Hall–Kier alpha value is 1.80. The molecule has 0 aliphatic heterocycles. The quantitative estimate of drug-likeness (QED) is 0.401. The van der Waals surface area contributed by atoms with Gasteiger partial charge in [0.15, 0.2) is 17.4 Å². The first kappa shape index (κ1) is 15.7. The van der Waals surface area contributed by atoms with E-state index in [1.54, 1.807) is 0 Å². The summed E-state index contributed by atoms with van der Waals surface area (Å²) < 4.78 is 0. The zero-order chi connectivity index (χ0) is 3.58. The summed E-state index contributed by atoms with van der Waals surface area (Å²) in [4.78, 5) is 0. The number of hydrogen-bond acceptors (Lipinski definition) is 3. The average molecular weight is 246 g/mol. The molecule has 3 nitrogen and oxygen atoms in total. The van der Waals surface area contributed by atoms with E-state index in [-0.39, 0.29) is 57.3 Å². The van der Waals surface area contributed by atoms with Crippen LogP contribution in [0.4, 0.5) is 0 Å². The van der Waals surface area contributed by atoms with Gasteiger partial charge in [0.25, 0.3) is 0 Å². The molecule has 0 rings (SSSR count). The standard InChI is InChI=1S/Al.BO3.Gd.3H/c;2-1(3)4;;;;/q;-3;+3;;;. The van der Waals surface area contributed by atoms with E-state index in [1.807, 2.05) is 0 Å². The van der Waals surface area contributed by atoms with Crippen molar-refractivity contribution < 1.29 is 55.0 Å². The van der Waals surface area contributed by atoms with Crippen molar-refractivity contribution in [3.05, 3.63) is 0 Å². The van der Waals surface area contributed by atoms with Gasteiger partial charge in [0.05, 0.1) is 0 Å². The first-order valence-corrected chi connectivity index (χ1v) is 0.707. The first-order chi connectivity index (χ1) is 1.73. The third kappa shape index (κ3) is 41.2. The molecule has 0 atom stereocenters. The van der Waals surface area contributed by atoms with Gasteiger partial charge >= 0.3 is 39.9 Å². The largest absolute Gasteiger partial charge is 3.00 e. The van der Waals surface area contributed by atoms with Crippen LogP contribution in [0.15, 0.2) is 0 Å². The van der Waals surface area contributed by atoms with Crippen LogP contribution in [0, 0.1) is 39.9 Å². The summed E-state index contributed by atoms with van der Waals surface area (Å²) in [6, 6.07) is 0. The fourth-order valence-electron chi connectivity index (χ4n) is 0. The second-order valence-corrected chi connectivity index (χ2v) is 0.289. The molecule has 0 aliphatic rings. The molecule has 1 radical (unpaired) electrons. The molecule has 0 unspecified atom stereocenters. The molecule has 0 amide bonds. The van der Waals surface area contributed by atoms with Crippen LogP contribution in [-0.2, 0) is 0 Å². The maximum absolute atomic E-state index is 8.42. The normalized spacial score (nSPS) is 4.50. The monoisotopic (exact) mass is 247 g/mol. The summed E-state index contributed by atoms with van der Waals surface area (Å²) in [6.45, 7) is 0. The summed E-state index contributed by atoms with van der Waals surface area (Å²) in [5.74, 6) is 0. The van der Waals surface area contributed by atoms with E-state index >= 15 is 0 Å². The van der Waals surface area contributed by atoms with Crippen LogP contribution in [0.25, 0.3) is 0 Å². The van der Waals surface area contributed by atoms with E-state index in [1.165, 1.54) is 0 Å². The van der Waals surface area contributed by atoms with Gasteiger partial charge in [-0.15, -0.1) is 0 Å². The van der Waals surface area contributed by atoms with Gasteiger partial charge in [0.1, 0.15) is 0 Å². The van der Waals surface area contributed by atoms with Crippen molar-refractivity contribution in [2.45, 2.75) is 0 Å². The van der Waals surface area contributed by atoms with E-state index in [9.17, 15) is 0 Å². The van der Waals surface area contributed by atoms with Crippen LogP contribution in [-0.4, -0.2) is 24.7 Å². The molecular weight excluding hydrogens is 243 g/mol. The number of hydrogen-bond donors (Lipinski definition) is 0. The Morgan fingerprint density at radius 2 is 1.00 bits per heavy atom. The third-order valence-electron chi connectivity index (χ3n) is 0. The molecule has 6 heteroatoms. The van der Waals surface area contributed by atoms with E-state index in [0.717, 1.165) is 0 Å². The first-order valence-electron chi connectivity index (χ1n) is 0.707. The van der Waals surface area contributed by atoms with E-state index < -0.39 is 7.32 Å². The number of rotatable bonds is 0. The molecule has 0 saturated heterocycles. The van der Waals surface area contributed by atoms with Gasteiger partial charge in [0.2, 0.25) is 0 Å². The third-order valence-corrected chi connectivity index (χ3v) is 0. The Bertz CT molecular complexity index is 15.5. The van der Waals surface area contributed by atoms with Crippen LogP contribution < -0.4 is 15.1 Å². The van der Waals surface area contributed by atoms with E-state index in [4.69, 9.17) is 15.1 Å². The van der Waals surface area contributed by atoms with Crippen molar-refractivity contribution in [1.29, 1.82) is 0 Å². The minimum absolute atomic E-state index is 0. The summed E-state index contributed by atoms with van der Waals surface area (Å²) >= 11 is 0. The molecular formula is H3AlBGdO3. The second kappa shape index (κ2) is 9.93. The minimum Gasteiger partial charge on any atom is -0.907 e. The molecule has 0 fully saturated rings. The Morgan fingerprint density at radius 1 is 1.00 bits per heavy atom. The predicted octanol–water partition coefficient (Wildman–Crippen LogP) is -5.13. The zero-order valence-electron chi connectivity index (χ0n) is 2.16. The predicted molar refractivity (Wildman–Crippen MR) is 15.7 cm³/mol. The zero-order valence-corrected chi connectivity index (χ0v) is 4.42. The Labute approximate surface area is 78.7 Å². The van der Waals surface area contributed by atoms with Crippen LogP contribution in [0.5, 0.6) is 0 Å². The molecule has 0 heterocycles. The average Bonchev–Trinajstić information content (AvgIpc) is 0.811. The molecule has 0 N–H and O–H groups in total. The SMILES string of the molecule is [AlH3].[Gd+3].[O-]B([O-])[O-]. The Morgan fingerprint density at radius 3 is 1.00 bits per heavy atom. The van der Waals surface area contributed by atoms with Crippen molar-refractivity contribution >= 4 is 24.7 Å². The van der Waals surface area contributed by atoms with Crippen molar-refractivity contribution in [1.82, 2.24) is 0 Å². The molecule has 6 heavy (non-hydrogen) atoms. The molecule has 0 aromatic carbocycles. The fourth-order valence-corrected chi connectivity index (χ4v) is 0. The Kier molecular flexibility index (Phi) is 25.9. The molecule has 0 aliphatic carbocycles. The van der Waals surface area contributed by atoms with Gasteiger partial charge in [-0.3, -0.25) is 7.32 Å². The maximum Gasteiger partial charge on any atom is 3.00 e. The van der Waals surface area contributed by atoms with E-state index in [0.29, 0.717) is 0 Å². The second-order valence-electron chi connectivity index (χ2n) is 0.289. The van der Waals surface area contributed by atoms with Gasteiger partial charge in [-0.1, -0.05) is 0 Å². The van der Waals surface area contributed by atoms with Gasteiger partial charge in [-0.25, -0.2) is 0 Å². The van der Waals surface area contributed by atoms with Crippen LogP contribution in [0.1, 0.15) is 0 Å². The molecule has 0 saturated carbocycles. The van der Waals surface area contributed by atoms with Gasteiger partial charge in [-0.05, 0) is 0 Å². The summed E-state index contributed by atoms with van der Waals surface area (Å²) in [6.07, 6.45) is 0. The van der Waals surface area contributed by atoms with Gasteiger partial charge in [0, 0.05) is 0 Å². The molecule has 0 aromatic heterocycles. The van der Waals surface area contributed by atoms with Crippen LogP contribution in [0.2, 0.25) is 0 Å². The smallest absolute Gasteiger partial charge is 0.907 e. The van der Waals surface area contributed by atoms with Crippen molar-refractivity contribution in [2.24, 2.45) is 0 Å². The van der Waals surface area contributed by atoms with Gasteiger partial charge in [-0.2, -0.15) is 0 Å². The van der Waals surface area contributed by atoms with Crippen molar-refractivity contribution in [3.63, 3.8) is 0 Å². The minimum atomic E-state index is -2.92. The topological polar surface area (TPSA) is 69.2 Å². The van der Waals surface area contributed by atoms with Crippen molar-refractivity contribution in [3.8, 4) is 0 Å². The summed E-state index contributed by atoms with van der Waals surface area (Å²) in [7, 11) is -2.92. The molecule has 0 aromatic rings. The Balaban J connectivity index is -0.0000000450. The van der Waals surface area contributed by atoms with Crippen LogP contribution >= 0.6 is 0 Å².